The van der Waals surface area contributed by atoms with Gasteiger partial charge in [0.1, 0.15) is 16.5 Å². The molecule has 1 aromatic carbocycles. The summed E-state index contributed by atoms with van der Waals surface area (Å²) in [4.78, 5) is 23.6. The lowest BCUT2D eigenvalue weighted by Crippen LogP contribution is -2.21. The van der Waals surface area contributed by atoms with Gasteiger partial charge in [0.15, 0.2) is 6.61 Å². The lowest BCUT2D eigenvalue weighted by molar-refractivity contribution is -0.119. The van der Waals surface area contributed by atoms with Gasteiger partial charge in [-0.15, -0.1) is 0 Å². The van der Waals surface area contributed by atoms with Gasteiger partial charge in [0, 0.05) is 12.7 Å². The molecule has 1 aromatic heterocycles. The third-order valence-electron chi connectivity index (χ3n) is 2.80. The molecule has 0 fully saturated rings. The first-order valence-electron chi connectivity index (χ1n) is 6.30. The summed E-state index contributed by atoms with van der Waals surface area (Å²) >= 11 is 5.93. The highest BCUT2D eigenvalue weighted by atomic mass is 35.5. The third kappa shape index (κ3) is 3.62. The summed E-state index contributed by atoms with van der Waals surface area (Å²) in [6.45, 7) is 1.09. The molecular weight excluding hydrogens is 313 g/mol. The number of benzene rings is 1. The summed E-state index contributed by atoms with van der Waals surface area (Å²) in [5.41, 5.74) is 0.794. The normalized spacial score (nSPS) is 10.4. The minimum Gasteiger partial charge on any atom is -0.452 e. The molecule has 0 radical (unpaired) electrons. The number of anilines is 1. The van der Waals surface area contributed by atoms with E-state index in [0.29, 0.717) is 5.69 Å². The van der Waals surface area contributed by atoms with Crippen LogP contribution in [0.3, 0.4) is 0 Å². The van der Waals surface area contributed by atoms with E-state index >= 15 is 0 Å². The van der Waals surface area contributed by atoms with Crippen LogP contribution < -0.4 is 5.32 Å². The fraction of sp³-hybridized carbons (Fsp3) is 0.214. The summed E-state index contributed by atoms with van der Waals surface area (Å²) < 4.78 is 19.2. The number of amides is 1. The van der Waals surface area contributed by atoms with Crippen LogP contribution in [0.25, 0.3) is 0 Å². The Labute approximate surface area is 130 Å². The first kappa shape index (κ1) is 16.0. The molecule has 1 amide bonds. The van der Waals surface area contributed by atoms with Crippen molar-refractivity contribution in [2.24, 2.45) is 7.05 Å². The molecule has 0 atom stereocenters. The van der Waals surface area contributed by atoms with Gasteiger partial charge >= 0.3 is 5.97 Å². The molecule has 6 nitrogen and oxygen atoms in total. The maximum absolute atomic E-state index is 13.0. The summed E-state index contributed by atoms with van der Waals surface area (Å²) in [5.74, 6) is -1.81. The minimum absolute atomic E-state index is 0.114. The molecule has 22 heavy (non-hydrogen) atoms. The molecule has 0 aliphatic carbocycles. The number of hydrogen-bond donors (Lipinski definition) is 1. The fourth-order valence-corrected chi connectivity index (χ4v) is 2.08. The highest BCUT2D eigenvalue weighted by Gasteiger charge is 2.21. The minimum atomic E-state index is -0.745. The number of rotatable bonds is 4. The van der Waals surface area contributed by atoms with E-state index in [1.165, 1.54) is 22.9 Å². The predicted molar refractivity (Wildman–Crippen MR) is 78.3 cm³/mol. The number of nitrogens with one attached hydrogen (secondary N) is 1. The second-order valence-electron chi connectivity index (χ2n) is 4.51. The van der Waals surface area contributed by atoms with Crippen LogP contribution in [0.1, 0.15) is 16.1 Å². The van der Waals surface area contributed by atoms with Gasteiger partial charge in [-0.1, -0.05) is 17.7 Å². The van der Waals surface area contributed by atoms with E-state index in [1.807, 2.05) is 0 Å². The van der Waals surface area contributed by atoms with Gasteiger partial charge in [-0.3, -0.25) is 9.48 Å². The van der Waals surface area contributed by atoms with Crippen LogP contribution in [0.5, 0.6) is 0 Å². The van der Waals surface area contributed by atoms with Gasteiger partial charge in [0.25, 0.3) is 5.91 Å². The number of ether oxygens (including phenoxy) is 1. The van der Waals surface area contributed by atoms with Crippen molar-refractivity contribution in [2.45, 2.75) is 6.92 Å². The Balaban J connectivity index is 1.95. The molecule has 116 valence electrons. The molecule has 2 aromatic rings. The molecule has 0 saturated heterocycles. The largest absolute Gasteiger partial charge is 0.452 e. The third-order valence-corrected chi connectivity index (χ3v) is 3.23. The molecule has 1 heterocycles. The summed E-state index contributed by atoms with van der Waals surface area (Å²) in [6, 6.07) is 5.38. The summed E-state index contributed by atoms with van der Waals surface area (Å²) in [6.07, 6.45) is 0. The van der Waals surface area contributed by atoms with E-state index < -0.39 is 24.3 Å². The number of nitrogens with zero attached hydrogens (tertiary/aromatic N) is 2. The zero-order chi connectivity index (χ0) is 16.3. The lowest BCUT2D eigenvalue weighted by atomic mass is 10.3. The molecule has 0 aliphatic rings. The number of hydrogen-bond acceptors (Lipinski definition) is 4. The molecule has 0 unspecified atom stereocenters. The van der Waals surface area contributed by atoms with E-state index in [9.17, 15) is 14.0 Å². The zero-order valence-electron chi connectivity index (χ0n) is 11.9. The Morgan fingerprint density at radius 2 is 2.18 bits per heavy atom. The van der Waals surface area contributed by atoms with Crippen LogP contribution in [0.4, 0.5) is 10.1 Å². The van der Waals surface area contributed by atoms with Gasteiger partial charge < -0.3 is 10.1 Å². The standard InChI is InChI=1S/C14H13ClFN3O3/c1-8-12(13(15)19(2)18-8)14(21)22-7-11(20)17-10-5-3-4-9(16)6-10/h3-6H,7H2,1-2H3,(H,17,20). The van der Waals surface area contributed by atoms with Crippen LogP contribution in [-0.2, 0) is 16.6 Å². The zero-order valence-corrected chi connectivity index (χ0v) is 12.6. The number of carbonyl (C=O) groups is 2. The lowest BCUT2D eigenvalue weighted by Gasteiger charge is -2.06. The SMILES string of the molecule is Cc1nn(C)c(Cl)c1C(=O)OCC(=O)Nc1cccc(F)c1. The van der Waals surface area contributed by atoms with Crippen molar-refractivity contribution in [1.29, 1.82) is 0 Å². The number of aryl methyl sites for hydroxylation is 2. The number of esters is 1. The van der Waals surface area contributed by atoms with Crippen LogP contribution in [0.2, 0.25) is 5.15 Å². The average molecular weight is 326 g/mol. The van der Waals surface area contributed by atoms with E-state index in [4.69, 9.17) is 16.3 Å². The topological polar surface area (TPSA) is 73.2 Å². The maximum Gasteiger partial charge on any atom is 0.343 e. The van der Waals surface area contributed by atoms with Crippen molar-refractivity contribution in [3.05, 3.63) is 46.5 Å². The summed E-state index contributed by atoms with van der Waals surface area (Å²) in [7, 11) is 1.59. The number of carbonyl (C=O) groups excluding carboxylic acids is 2. The van der Waals surface area contributed by atoms with Crippen molar-refractivity contribution in [1.82, 2.24) is 9.78 Å². The molecule has 0 bridgehead atoms. The first-order valence-corrected chi connectivity index (χ1v) is 6.68. The van der Waals surface area contributed by atoms with E-state index in [-0.39, 0.29) is 16.4 Å². The Bertz CT molecular complexity index is 730. The Hall–Kier alpha value is -2.41. The molecule has 0 saturated carbocycles. The monoisotopic (exact) mass is 325 g/mol. The Morgan fingerprint density at radius 1 is 1.45 bits per heavy atom. The highest BCUT2D eigenvalue weighted by molar-refractivity contribution is 6.32. The fourth-order valence-electron chi connectivity index (χ4n) is 1.83. The van der Waals surface area contributed by atoms with E-state index in [1.54, 1.807) is 14.0 Å². The van der Waals surface area contributed by atoms with Gasteiger partial charge in [-0.2, -0.15) is 5.10 Å². The highest BCUT2D eigenvalue weighted by Crippen LogP contribution is 2.19. The molecule has 0 spiro atoms. The molecule has 0 aliphatic heterocycles. The Kier molecular flexibility index (Phi) is 4.77. The molecule has 2 rings (SSSR count). The van der Waals surface area contributed by atoms with Crippen molar-refractivity contribution in [3.8, 4) is 0 Å². The molecule has 8 heteroatoms. The van der Waals surface area contributed by atoms with Crippen LogP contribution in [0.15, 0.2) is 24.3 Å². The van der Waals surface area contributed by atoms with Gasteiger partial charge in [-0.05, 0) is 25.1 Å². The smallest absolute Gasteiger partial charge is 0.343 e. The molecule has 1 N–H and O–H groups in total. The quantitative estimate of drug-likeness (QED) is 0.876. The van der Waals surface area contributed by atoms with Crippen molar-refractivity contribution in [3.63, 3.8) is 0 Å². The van der Waals surface area contributed by atoms with Crippen LogP contribution in [0, 0.1) is 12.7 Å². The van der Waals surface area contributed by atoms with Crippen molar-refractivity contribution >= 4 is 29.2 Å². The van der Waals surface area contributed by atoms with Crippen molar-refractivity contribution < 1.29 is 18.7 Å². The predicted octanol–water partition coefficient (Wildman–Crippen LogP) is 2.32. The van der Waals surface area contributed by atoms with E-state index in [0.717, 1.165) is 6.07 Å². The van der Waals surface area contributed by atoms with Gasteiger partial charge in [-0.25, -0.2) is 9.18 Å². The average Bonchev–Trinajstić information content (AvgIpc) is 2.70. The number of aromatic nitrogens is 2. The number of halogens is 2. The van der Waals surface area contributed by atoms with Gasteiger partial charge in [0.05, 0.1) is 5.69 Å². The van der Waals surface area contributed by atoms with Crippen molar-refractivity contribution in [2.75, 3.05) is 11.9 Å². The van der Waals surface area contributed by atoms with Crippen LogP contribution in [-0.4, -0.2) is 28.3 Å². The summed E-state index contributed by atoms with van der Waals surface area (Å²) in [5, 5.41) is 6.52. The maximum atomic E-state index is 13.0. The first-order chi connectivity index (χ1) is 10.4. The molecular formula is C14H13ClFN3O3. The second kappa shape index (κ2) is 6.57. The second-order valence-corrected chi connectivity index (χ2v) is 4.87. The van der Waals surface area contributed by atoms with Crippen LogP contribution >= 0.6 is 11.6 Å². The Morgan fingerprint density at radius 3 is 2.77 bits per heavy atom. The van der Waals surface area contributed by atoms with Gasteiger partial charge in [0.2, 0.25) is 0 Å². The van der Waals surface area contributed by atoms with E-state index in [2.05, 4.69) is 10.4 Å².